The van der Waals surface area contributed by atoms with Crippen LogP contribution in [0.15, 0.2) is 0 Å². The van der Waals surface area contributed by atoms with Crippen LogP contribution in [0.4, 0.5) is 0 Å². The second kappa shape index (κ2) is 5.22. The number of carboxylic acids is 2. The van der Waals surface area contributed by atoms with Crippen molar-refractivity contribution in [2.75, 3.05) is 6.54 Å². The van der Waals surface area contributed by atoms with E-state index in [2.05, 4.69) is 5.32 Å². The highest BCUT2D eigenvalue weighted by Crippen LogP contribution is 2.55. The van der Waals surface area contributed by atoms with Crippen molar-refractivity contribution in [2.45, 2.75) is 44.6 Å². The van der Waals surface area contributed by atoms with E-state index in [1.54, 1.807) is 0 Å². The lowest BCUT2D eigenvalue weighted by Crippen LogP contribution is -2.43. The van der Waals surface area contributed by atoms with E-state index in [0.29, 0.717) is 30.2 Å². The zero-order valence-corrected chi connectivity index (χ0v) is 12.8. The molecule has 4 aliphatic rings. The van der Waals surface area contributed by atoms with Crippen molar-refractivity contribution in [2.24, 2.45) is 41.4 Å². The van der Waals surface area contributed by atoms with Gasteiger partial charge in [-0.15, -0.1) is 0 Å². The summed E-state index contributed by atoms with van der Waals surface area (Å²) in [7, 11) is 0. The summed E-state index contributed by atoms with van der Waals surface area (Å²) in [6, 6.07) is 0.595. The molecule has 4 fully saturated rings. The fourth-order valence-corrected chi connectivity index (χ4v) is 6.25. The van der Waals surface area contributed by atoms with Gasteiger partial charge in [-0.1, -0.05) is 0 Å². The Morgan fingerprint density at radius 1 is 0.773 bits per heavy atom. The van der Waals surface area contributed by atoms with Crippen LogP contribution in [0, 0.1) is 41.4 Å². The summed E-state index contributed by atoms with van der Waals surface area (Å²) in [5.41, 5.74) is 0. The Balaban J connectivity index is 1.55. The maximum absolute atomic E-state index is 11.8. The summed E-state index contributed by atoms with van der Waals surface area (Å²) >= 11 is 0. The first-order chi connectivity index (χ1) is 10.5. The quantitative estimate of drug-likeness (QED) is 0.740. The van der Waals surface area contributed by atoms with E-state index >= 15 is 0 Å². The fourth-order valence-electron chi connectivity index (χ4n) is 6.25. The van der Waals surface area contributed by atoms with Gasteiger partial charge in [0.05, 0.1) is 11.8 Å². The molecule has 0 aromatic rings. The molecule has 0 radical (unpaired) electrons. The van der Waals surface area contributed by atoms with E-state index < -0.39 is 11.9 Å². The molecule has 0 aromatic carbocycles. The first-order valence-electron chi connectivity index (χ1n) is 8.73. The fraction of sp³-hybridized carbons (Fsp3) is 0.882. The van der Waals surface area contributed by atoms with E-state index in [4.69, 9.17) is 0 Å². The van der Waals surface area contributed by atoms with E-state index in [9.17, 15) is 19.8 Å². The number of fused-ring (bicyclic) bond motifs is 3. The maximum Gasteiger partial charge on any atom is 0.306 e. The van der Waals surface area contributed by atoms with Gasteiger partial charge in [-0.3, -0.25) is 9.59 Å². The van der Waals surface area contributed by atoms with Gasteiger partial charge < -0.3 is 15.5 Å². The van der Waals surface area contributed by atoms with E-state index in [1.165, 1.54) is 6.42 Å². The zero-order valence-electron chi connectivity index (χ0n) is 12.8. The van der Waals surface area contributed by atoms with Crippen LogP contribution in [0.2, 0.25) is 0 Å². The summed E-state index contributed by atoms with van der Waals surface area (Å²) < 4.78 is 0. The predicted octanol–water partition coefficient (Wildman–Crippen LogP) is 1.82. The van der Waals surface area contributed by atoms with Crippen molar-refractivity contribution < 1.29 is 19.8 Å². The predicted molar refractivity (Wildman–Crippen MR) is 79.2 cm³/mol. The number of rotatable bonds is 3. The smallest absolute Gasteiger partial charge is 0.306 e. The summed E-state index contributed by atoms with van der Waals surface area (Å²) in [4.78, 5) is 23.2. The lowest BCUT2D eigenvalue weighted by molar-refractivity contribution is -0.152. The minimum absolute atomic E-state index is 0.0894. The number of aliphatic carboxylic acids is 2. The highest BCUT2D eigenvalue weighted by Gasteiger charge is 2.53. The van der Waals surface area contributed by atoms with Crippen LogP contribution in [0.1, 0.15) is 38.5 Å². The molecule has 22 heavy (non-hydrogen) atoms. The van der Waals surface area contributed by atoms with Crippen molar-refractivity contribution in [1.82, 2.24) is 5.32 Å². The third kappa shape index (κ3) is 2.16. The zero-order chi connectivity index (χ0) is 15.4. The standard InChI is InChI=1S/C17H25NO4/c19-16(20)11-2-1-8-4-14(15(17(21)22)6-13(8)11)12-5-10-3-9(12)7-18-10/h8-15,18H,1-7H2,(H,19,20)(H,21,22). The maximum atomic E-state index is 11.8. The average Bonchev–Trinajstić information content (AvgIpc) is 3.19. The third-order valence-corrected chi connectivity index (χ3v) is 7.19. The highest BCUT2D eigenvalue weighted by molar-refractivity contribution is 5.73. The lowest BCUT2D eigenvalue weighted by Gasteiger charge is -2.43. The topological polar surface area (TPSA) is 86.6 Å². The molecule has 8 unspecified atom stereocenters. The molecular formula is C17H25NO4. The first kappa shape index (κ1) is 14.5. The van der Waals surface area contributed by atoms with Crippen LogP contribution in [0.25, 0.3) is 0 Å². The van der Waals surface area contributed by atoms with Gasteiger partial charge in [-0.2, -0.15) is 0 Å². The molecule has 2 bridgehead atoms. The lowest BCUT2D eigenvalue weighted by atomic mass is 9.62. The Bertz CT molecular complexity index is 493. The number of carboxylic acid groups (broad SMARTS) is 2. The number of piperidine rings is 1. The summed E-state index contributed by atoms with van der Waals surface area (Å²) in [6.07, 6.45) is 5.58. The summed E-state index contributed by atoms with van der Waals surface area (Å²) in [5, 5.41) is 22.6. The van der Waals surface area contributed by atoms with Gasteiger partial charge in [0, 0.05) is 6.04 Å². The Kier molecular flexibility index (Phi) is 3.44. The van der Waals surface area contributed by atoms with Crippen LogP contribution < -0.4 is 5.32 Å². The number of nitrogens with one attached hydrogen (secondary N) is 1. The normalized spacial score (nSPS) is 50.0. The molecule has 3 N–H and O–H groups in total. The molecule has 0 amide bonds. The van der Waals surface area contributed by atoms with Crippen molar-refractivity contribution in [1.29, 1.82) is 0 Å². The van der Waals surface area contributed by atoms with Crippen LogP contribution in [-0.4, -0.2) is 34.7 Å². The molecule has 122 valence electrons. The van der Waals surface area contributed by atoms with Gasteiger partial charge in [0.1, 0.15) is 0 Å². The number of hydrogen-bond donors (Lipinski definition) is 3. The molecule has 8 atom stereocenters. The largest absolute Gasteiger partial charge is 0.481 e. The first-order valence-corrected chi connectivity index (χ1v) is 8.73. The third-order valence-electron chi connectivity index (χ3n) is 7.19. The Morgan fingerprint density at radius 3 is 2.14 bits per heavy atom. The molecule has 5 heteroatoms. The van der Waals surface area contributed by atoms with Crippen LogP contribution in [0.5, 0.6) is 0 Å². The minimum Gasteiger partial charge on any atom is -0.481 e. The number of hydrogen-bond acceptors (Lipinski definition) is 3. The summed E-state index contributed by atoms with van der Waals surface area (Å²) in [6.45, 7) is 1.05. The van der Waals surface area contributed by atoms with Gasteiger partial charge in [0.25, 0.3) is 0 Å². The molecule has 3 saturated carbocycles. The Hall–Kier alpha value is -1.10. The van der Waals surface area contributed by atoms with Crippen molar-refractivity contribution in [3.8, 4) is 0 Å². The highest BCUT2D eigenvalue weighted by atomic mass is 16.4. The second-order valence-corrected chi connectivity index (χ2v) is 8.03. The van der Waals surface area contributed by atoms with Crippen molar-refractivity contribution in [3.05, 3.63) is 0 Å². The van der Waals surface area contributed by atoms with Crippen molar-refractivity contribution in [3.63, 3.8) is 0 Å². The molecule has 1 saturated heterocycles. The van der Waals surface area contributed by atoms with Gasteiger partial charge >= 0.3 is 11.9 Å². The van der Waals surface area contributed by atoms with E-state index in [0.717, 1.165) is 32.2 Å². The number of carbonyl (C=O) groups is 2. The van der Waals surface area contributed by atoms with Gasteiger partial charge in [0.15, 0.2) is 0 Å². The van der Waals surface area contributed by atoms with Crippen molar-refractivity contribution >= 4 is 11.9 Å². The molecule has 4 rings (SSSR count). The van der Waals surface area contributed by atoms with Crippen LogP contribution in [0.3, 0.4) is 0 Å². The minimum atomic E-state index is -0.723. The van der Waals surface area contributed by atoms with Gasteiger partial charge in [-0.05, 0) is 74.7 Å². The summed E-state index contributed by atoms with van der Waals surface area (Å²) in [5.74, 6) is -0.0829. The molecule has 5 nitrogen and oxygen atoms in total. The molecule has 1 aliphatic heterocycles. The molecule has 3 aliphatic carbocycles. The molecule has 0 spiro atoms. The average molecular weight is 307 g/mol. The van der Waals surface area contributed by atoms with Crippen LogP contribution in [-0.2, 0) is 9.59 Å². The van der Waals surface area contributed by atoms with E-state index in [-0.39, 0.29) is 23.7 Å². The molecular weight excluding hydrogens is 282 g/mol. The monoisotopic (exact) mass is 307 g/mol. The Labute approximate surface area is 130 Å². The molecule has 1 heterocycles. The van der Waals surface area contributed by atoms with Gasteiger partial charge in [0.2, 0.25) is 0 Å². The SMILES string of the molecule is O=C(O)C1CCC2CC(C3CC4CC3CN4)C(C(=O)O)CC21. The van der Waals surface area contributed by atoms with Gasteiger partial charge in [-0.25, -0.2) is 0 Å². The van der Waals surface area contributed by atoms with E-state index in [1.807, 2.05) is 0 Å². The van der Waals surface area contributed by atoms with Crippen LogP contribution >= 0.6 is 0 Å². The molecule has 0 aromatic heterocycles. The Morgan fingerprint density at radius 2 is 1.55 bits per heavy atom. The second-order valence-electron chi connectivity index (χ2n) is 8.03.